The standard InChI is InChI=1S/C14H10Cl2N2O4S/c1-18-12-3-2-11(7-13(12)22-14(18)19)23(20,21)17-10-5-8(15)4-9(16)6-10/h2-7,17H,1H3. The second kappa shape index (κ2) is 5.59. The van der Waals surface area contributed by atoms with E-state index < -0.39 is 15.8 Å². The van der Waals surface area contributed by atoms with E-state index in [0.717, 1.165) is 0 Å². The van der Waals surface area contributed by atoms with E-state index in [1.807, 2.05) is 0 Å². The predicted octanol–water partition coefficient (Wildman–Crippen LogP) is 3.24. The molecule has 0 aliphatic rings. The molecule has 120 valence electrons. The van der Waals surface area contributed by atoms with Crippen LogP contribution >= 0.6 is 23.2 Å². The Balaban J connectivity index is 2.03. The van der Waals surface area contributed by atoms with Gasteiger partial charge in [0, 0.05) is 23.2 Å². The first-order valence-electron chi connectivity index (χ1n) is 6.35. The minimum Gasteiger partial charge on any atom is -0.408 e. The van der Waals surface area contributed by atoms with E-state index in [1.54, 1.807) is 0 Å². The summed E-state index contributed by atoms with van der Waals surface area (Å²) in [7, 11) is -2.34. The average Bonchev–Trinajstić information content (AvgIpc) is 2.72. The van der Waals surface area contributed by atoms with Crippen molar-refractivity contribution in [2.75, 3.05) is 4.72 Å². The summed E-state index contributed by atoms with van der Waals surface area (Å²) in [5.41, 5.74) is 0.918. The highest BCUT2D eigenvalue weighted by molar-refractivity contribution is 7.92. The Morgan fingerprint density at radius 2 is 1.74 bits per heavy atom. The first kappa shape index (κ1) is 15.9. The van der Waals surface area contributed by atoms with Gasteiger partial charge in [-0.3, -0.25) is 9.29 Å². The molecule has 23 heavy (non-hydrogen) atoms. The molecule has 0 bridgehead atoms. The van der Waals surface area contributed by atoms with Gasteiger partial charge in [-0.25, -0.2) is 13.2 Å². The molecule has 0 atom stereocenters. The molecule has 0 aliphatic heterocycles. The summed E-state index contributed by atoms with van der Waals surface area (Å²) >= 11 is 11.7. The van der Waals surface area contributed by atoms with Gasteiger partial charge in [-0.15, -0.1) is 0 Å². The lowest BCUT2D eigenvalue weighted by molar-refractivity contribution is 0.527. The van der Waals surface area contributed by atoms with E-state index in [9.17, 15) is 13.2 Å². The van der Waals surface area contributed by atoms with Crippen LogP contribution in [0.1, 0.15) is 0 Å². The molecule has 3 rings (SSSR count). The van der Waals surface area contributed by atoms with Crippen molar-refractivity contribution in [1.82, 2.24) is 4.57 Å². The SMILES string of the molecule is Cn1c(=O)oc2cc(S(=O)(=O)Nc3cc(Cl)cc(Cl)c3)ccc21. The van der Waals surface area contributed by atoms with Crippen LogP contribution in [0.15, 0.2) is 50.5 Å². The third-order valence-corrected chi connectivity index (χ3v) is 5.00. The minimum absolute atomic E-state index is 0.0459. The van der Waals surface area contributed by atoms with Crippen LogP contribution in [0.5, 0.6) is 0 Å². The van der Waals surface area contributed by atoms with E-state index in [2.05, 4.69) is 4.72 Å². The number of fused-ring (bicyclic) bond motifs is 1. The summed E-state index contributed by atoms with van der Waals surface area (Å²) in [6.45, 7) is 0. The van der Waals surface area contributed by atoms with Gasteiger partial charge in [0.25, 0.3) is 10.0 Å². The molecule has 0 aliphatic carbocycles. The second-order valence-corrected chi connectivity index (χ2v) is 7.38. The maximum Gasteiger partial charge on any atom is 0.419 e. The van der Waals surface area contributed by atoms with Gasteiger partial charge in [-0.1, -0.05) is 23.2 Å². The number of hydrogen-bond acceptors (Lipinski definition) is 4. The lowest BCUT2D eigenvalue weighted by Gasteiger charge is -2.09. The number of hydrogen-bond donors (Lipinski definition) is 1. The summed E-state index contributed by atoms with van der Waals surface area (Å²) in [4.78, 5) is 11.4. The first-order valence-corrected chi connectivity index (χ1v) is 8.59. The molecule has 0 radical (unpaired) electrons. The highest BCUT2D eigenvalue weighted by Gasteiger charge is 2.17. The zero-order chi connectivity index (χ0) is 16.8. The first-order chi connectivity index (χ1) is 10.8. The molecule has 0 fully saturated rings. The molecule has 2 aromatic carbocycles. The van der Waals surface area contributed by atoms with E-state index in [-0.39, 0.29) is 16.2 Å². The molecule has 1 N–H and O–H groups in total. The maximum atomic E-state index is 12.4. The van der Waals surface area contributed by atoms with Crippen LogP contribution in [0.2, 0.25) is 10.0 Å². The number of benzene rings is 2. The summed E-state index contributed by atoms with van der Waals surface area (Å²) in [6.07, 6.45) is 0. The number of aryl methyl sites for hydroxylation is 1. The minimum atomic E-state index is -3.88. The third kappa shape index (κ3) is 3.08. The fourth-order valence-corrected chi connectivity index (χ4v) is 3.69. The van der Waals surface area contributed by atoms with E-state index in [4.69, 9.17) is 27.6 Å². The lowest BCUT2D eigenvalue weighted by atomic mass is 10.3. The Labute approximate surface area is 141 Å². The van der Waals surface area contributed by atoms with Crippen LogP contribution in [0.4, 0.5) is 5.69 Å². The zero-order valence-corrected chi connectivity index (χ0v) is 14.0. The van der Waals surface area contributed by atoms with Gasteiger partial charge in [0.1, 0.15) is 0 Å². The number of nitrogens with one attached hydrogen (secondary N) is 1. The molecule has 3 aromatic rings. The van der Waals surface area contributed by atoms with Crippen molar-refractivity contribution < 1.29 is 12.8 Å². The molecule has 1 aromatic heterocycles. The average molecular weight is 373 g/mol. The van der Waals surface area contributed by atoms with Gasteiger partial charge in [0.2, 0.25) is 0 Å². The van der Waals surface area contributed by atoms with Gasteiger partial charge in [-0.05, 0) is 30.3 Å². The van der Waals surface area contributed by atoms with Gasteiger partial charge in [0.15, 0.2) is 5.58 Å². The Morgan fingerprint density at radius 1 is 1.09 bits per heavy atom. The Kier molecular flexibility index (Phi) is 3.87. The summed E-state index contributed by atoms with van der Waals surface area (Å²) in [5.74, 6) is -0.566. The molecular formula is C14H10Cl2N2O4S. The Morgan fingerprint density at radius 3 is 2.39 bits per heavy atom. The van der Waals surface area contributed by atoms with E-state index in [0.29, 0.717) is 15.6 Å². The zero-order valence-electron chi connectivity index (χ0n) is 11.7. The number of halogens is 2. The molecular weight excluding hydrogens is 363 g/mol. The van der Waals surface area contributed by atoms with Crippen molar-refractivity contribution in [3.63, 3.8) is 0 Å². The molecule has 0 amide bonds. The third-order valence-electron chi connectivity index (χ3n) is 3.19. The number of anilines is 1. The van der Waals surface area contributed by atoms with Crippen molar-refractivity contribution in [2.24, 2.45) is 7.05 Å². The molecule has 0 spiro atoms. The summed E-state index contributed by atoms with van der Waals surface area (Å²) in [6, 6.07) is 8.53. The van der Waals surface area contributed by atoms with Crippen molar-refractivity contribution in [2.45, 2.75) is 4.90 Å². The molecule has 6 nitrogen and oxygen atoms in total. The van der Waals surface area contributed by atoms with Crippen molar-refractivity contribution in [3.05, 3.63) is 57.0 Å². The van der Waals surface area contributed by atoms with Gasteiger partial charge >= 0.3 is 5.76 Å². The maximum absolute atomic E-state index is 12.4. The fourth-order valence-electron chi connectivity index (χ4n) is 2.11. The largest absolute Gasteiger partial charge is 0.419 e. The van der Waals surface area contributed by atoms with Crippen molar-refractivity contribution in [1.29, 1.82) is 0 Å². The van der Waals surface area contributed by atoms with Gasteiger partial charge in [-0.2, -0.15) is 0 Å². The number of oxazole rings is 1. The van der Waals surface area contributed by atoms with Crippen LogP contribution in [0, 0.1) is 0 Å². The molecule has 0 unspecified atom stereocenters. The van der Waals surface area contributed by atoms with Crippen molar-refractivity contribution >= 4 is 50.0 Å². The van der Waals surface area contributed by atoms with Crippen LogP contribution in [-0.4, -0.2) is 13.0 Å². The smallest absolute Gasteiger partial charge is 0.408 e. The normalized spacial score (nSPS) is 11.8. The monoisotopic (exact) mass is 372 g/mol. The van der Waals surface area contributed by atoms with Crippen LogP contribution in [0.25, 0.3) is 11.1 Å². The molecule has 0 saturated heterocycles. The number of aromatic nitrogens is 1. The Bertz CT molecular complexity index is 1050. The van der Waals surface area contributed by atoms with Crippen LogP contribution < -0.4 is 10.5 Å². The van der Waals surface area contributed by atoms with Gasteiger partial charge in [0.05, 0.1) is 16.1 Å². The predicted molar refractivity (Wildman–Crippen MR) is 88.7 cm³/mol. The summed E-state index contributed by atoms with van der Waals surface area (Å²) < 4.78 is 33.5. The number of nitrogens with zero attached hydrogens (tertiary/aromatic N) is 1. The van der Waals surface area contributed by atoms with Crippen molar-refractivity contribution in [3.8, 4) is 0 Å². The molecule has 1 heterocycles. The summed E-state index contributed by atoms with van der Waals surface area (Å²) in [5, 5.41) is 0.611. The quantitative estimate of drug-likeness (QED) is 0.764. The Hall–Kier alpha value is -1.96. The number of rotatable bonds is 3. The van der Waals surface area contributed by atoms with Crippen LogP contribution in [0.3, 0.4) is 0 Å². The van der Waals surface area contributed by atoms with E-state index >= 15 is 0 Å². The van der Waals surface area contributed by atoms with E-state index in [1.165, 1.54) is 48.0 Å². The topological polar surface area (TPSA) is 81.3 Å². The highest BCUT2D eigenvalue weighted by atomic mass is 35.5. The molecule has 9 heteroatoms. The van der Waals surface area contributed by atoms with Gasteiger partial charge < -0.3 is 4.42 Å². The van der Waals surface area contributed by atoms with Crippen LogP contribution in [-0.2, 0) is 17.1 Å². The molecule has 0 saturated carbocycles. The highest BCUT2D eigenvalue weighted by Crippen LogP contribution is 2.25. The lowest BCUT2D eigenvalue weighted by Crippen LogP contribution is -2.13. The fraction of sp³-hybridized carbons (Fsp3) is 0.0714. The second-order valence-electron chi connectivity index (χ2n) is 4.82. The number of sulfonamides is 1.